The quantitative estimate of drug-likeness (QED) is 0.172. The zero-order valence-electron chi connectivity index (χ0n) is 25.4. The first kappa shape index (κ1) is 37.0. The number of nitrogens with one attached hydrogen (secondary N) is 2. The number of rotatable bonds is 24. The van der Waals surface area contributed by atoms with Crippen LogP contribution in [0.15, 0.2) is 14.4 Å². The van der Waals surface area contributed by atoms with E-state index in [1.165, 1.54) is 13.7 Å². The van der Waals surface area contributed by atoms with Crippen LogP contribution in [0.3, 0.4) is 0 Å². The molecule has 0 aliphatic heterocycles. The third-order valence-corrected chi connectivity index (χ3v) is 6.68. The average Bonchev–Trinajstić information content (AvgIpc) is 2.98. The van der Waals surface area contributed by atoms with E-state index in [4.69, 9.17) is 9.47 Å². The van der Waals surface area contributed by atoms with Gasteiger partial charge in [0.1, 0.15) is 0 Å². The molecule has 0 fully saturated rings. The van der Waals surface area contributed by atoms with E-state index in [-0.39, 0.29) is 32.8 Å². The molecule has 1 aromatic rings. The molecule has 1 rings (SSSR count). The Kier molecular flexibility index (Phi) is 20.7. The summed E-state index contributed by atoms with van der Waals surface area (Å²) in [6, 6.07) is 0. The molecule has 1 heterocycles. The Morgan fingerprint density at radius 1 is 0.500 bits per heavy atom. The van der Waals surface area contributed by atoms with Gasteiger partial charge in [0, 0.05) is 32.7 Å². The minimum absolute atomic E-state index is 0.230. The van der Waals surface area contributed by atoms with Crippen molar-refractivity contribution in [1.29, 1.82) is 0 Å². The highest BCUT2D eigenvalue weighted by molar-refractivity contribution is 5.67. The standard InChI is InChI=1S/C30H52N5O7/c1-4-7-8-11-16-21-33-28(38)34(22-17-12-9-14-19-31-26(36)41-24-5-2)30(40)35(29(33)39)23-18-13-10-15-20-32-27(37)42-25-6-3/h1-25H2,(H,31,36)(H,32,37). The lowest BCUT2D eigenvalue weighted by atomic mass is 10.1. The van der Waals surface area contributed by atoms with Crippen LogP contribution in [0.5, 0.6) is 0 Å². The average molecular weight is 595 g/mol. The van der Waals surface area contributed by atoms with Gasteiger partial charge in [0.05, 0.1) is 13.2 Å². The number of ether oxygens (including phenoxy) is 2. The summed E-state index contributed by atoms with van der Waals surface area (Å²) in [4.78, 5) is 62.5. The number of aromatic nitrogens is 3. The summed E-state index contributed by atoms with van der Waals surface area (Å²) in [6.45, 7) is 13.3. The Bertz CT molecular complexity index is 991. The topological polar surface area (TPSA) is 143 Å². The second-order valence-electron chi connectivity index (χ2n) is 10.2. The summed E-state index contributed by atoms with van der Waals surface area (Å²) in [6.07, 6.45) is 10.4. The van der Waals surface area contributed by atoms with Gasteiger partial charge < -0.3 is 20.1 Å². The number of hydrogen-bond donors (Lipinski definition) is 2. The van der Waals surface area contributed by atoms with Gasteiger partial charge in [0.25, 0.3) is 0 Å². The molecule has 0 spiro atoms. The molecule has 12 heteroatoms. The maximum absolute atomic E-state index is 13.2. The highest BCUT2D eigenvalue weighted by Gasteiger charge is 2.15. The van der Waals surface area contributed by atoms with Crippen LogP contribution in [-0.2, 0) is 29.1 Å². The van der Waals surface area contributed by atoms with Crippen molar-refractivity contribution in [3.63, 3.8) is 0 Å². The Labute approximate surface area is 250 Å². The molecule has 2 amide bonds. The van der Waals surface area contributed by atoms with Crippen LogP contribution < -0.4 is 27.7 Å². The zero-order valence-corrected chi connectivity index (χ0v) is 25.4. The third kappa shape index (κ3) is 15.3. The van der Waals surface area contributed by atoms with E-state index in [0.29, 0.717) is 45.2 Å². The van der Waals surface area contributed by atoms with E-state index in [1.54, 1.807) is 0 Å². The van der Waals surface area contributed by atoms with E-state index in [2.05, 4.69) is 31.4 Å². The van der Waals surface area contributed by atoms with Crippen molar-refractivity contribution in [3.8, 4) is 0 Å². The van der Waals surface area contributed by atoms with Crippen LogP contribution >= 0.6 is 0 Å². The summed E-state index contributed by atoms with van der Waals surface area (Å²) in [5.74, 6) is 0. The summed E-state index contributed by atoms with van der Waals surface area (Å²) >= 11 is 0. The van der Waals surface area contributed by atoms with Crippen molar-refractivity contribution in [3.05, 3.63) is 52.2 Å². The van der Waals surface area contributed by atoms with Gasteiger partial charge >= 0.3 is 29.3 Å². The highest BCUT2D eigenvalue weighted by Crippen LogP contribution is 2.04. The van der Waals surface area contributed by atoms with Gasteiger partial charge in [-0.3, -0.25) is 0 Å². The van der Waals surface area contributed by atoms with Gasteiger partial charge in [-0.15, -0.1) is 0 Å². The molecule has 12 nitrogen and oxygen atoms in total. The molecule has 239 valence electrons. The predicted octanol–water partition coefficient (Wildman–Crippen LogP) is 3.98. The number of unbranched alkanes of at least 4 members (excludes halogenated alkanes) is 10. The Morgan fingerprint density at radius 3 is 1.17 bits per heavy atom. The summed E-state index contributed by atoms with van der Waals surface area (Å²) < 4.78 is 13.4. The molecule has 2 N–H and O–H groups in total. The Balaban J connectivity index is 2.71. The maximum atomic E-state index is 13.2. The van der Waals surface area contributed by atoms with Gasteiger partial charge in [0.2, 0.25) is 0 Å². The van der Waals surface area contributed by atoms with Crippen molar-refractivity contribution in [2.45, 2.75) is 116 Å². The van der Waals surface area contributed by atoms with Crippen molar-refractivity contribution in [1.82, 2.24) is 24.3 Å². The van der Waals surface area contributed by atoms with E-state index in [9.17, 15) is 24.0 Å². The largest absolute Gasteiger partial charge is 0.450 e. The van der Waals surface area contributed by atoms with Crippen molar-refractivity contribution in [2.24, 2.45) is 0 Å². The SMILES string of the molecule is [CH2]CCCCCCn1c(=O)n(CCCCCCNC(=O)OCC[CH2])c(=O)n(CCCCCCNC(=O)OCC[CH2])c1=O. The molecular weight excluding hydrogens is 542 g/mol. The van der Waals surface area contributed by atoms with E-state index in [1.807, 2.05) is 0 Å². The van der Waals surface area contributed by atoms with Crippen molar-refractivity contribution >= 4 is 12.2 Å². The van der Waals surface area contributed by atoms with Crippen LogP contribution in [-0.4, -0.2) is 52.2 Å². The molecule has 0 saturated carbocycles. The van der Waals surface area contributed by atoms with Gasteiger partial charge in [-0.2, -0.15) is 0 Å². The molecule has 0 aliphatic carbocycles. The molecule has 0 saturated heterocycles. The van der Waals surface area contributed by atoms with Crippen molar-refractivity contribution in [2.75, 3.05) is 26.3 Å². The molecule has 3 radical (unpaired) electrons. The Hall–Kier alpha value is -3.05. The van der Waals surface area contributed by atoms with Crippen molar-refractivity contribution < 1.29 is 19.1 Å². The number of alkyl carbamates (subject to hydrolysis) is 2. The van der Waals surface area contributed by atoms with Gasteiger partial charge in [0.15, 0.2) is 0 Å². The second kappa shape index (κ2) is 23.5. The minimum atomic E-state index is -0.567. The van der Waals surface area contributed by atoms with E-state index < -0.39 is 29.3 Å². The van der Waals surface area contributed by atoms with Crippen LogP contribution in [0.2, 0.25) is 0 Å². The minimum Gasteiger partial charge on any atom is -0.450 e. The smallest absolute Gasteiger partial charge is 0.407 e. The second-order valence-corrected chi connectivity index (χ2v) is 10.2. The maximum Gasteiger partial charge on any atom is 0.407 e. The van der Waals surface area contributed by atoms with E-state index in [0.717, 1.165) is 64.2 Å². The van der Waals surface area contributed by atoms with Crippen LogP contribution in [0.1, 0.15) is 96.3 Å². The van der Waals surface area contributed by atoms with Gasteiger partial charge in [-0.1, -0.05) is 58.3 Å². The van der Waals surface area contributed by atoms with Gasteiger partial charge in [-0.05, 0) is 58.8 Å². The summed E-state index contributed by atoms with van der Waals surface area (Å²) in [5, 5.41) is 5.36. The molecule has 1 aromatic heterocycles. The molecule has 0 aromatic carbocycles. The zero-order chi connectivity index (χ0) is 31.0. The predicted molar refractivity (Wildman–Crippen MR) is 163 cm³/mol. The fraction of sp³-hybridized carbons (Fsp3) is 0.733. The lowest BCUT2D eigenvalue weighted by Crippen LogP contribution is -2.54. The summed E-state index contributed by atoms with van der Waals surface area (Å²) in [7, 11) is 0. The summed E-state index contributed by atoms with van der Waals surface area (Å²) in [5.41, 5.74) is -1.67. The number of carbonyl (C=O) groups is 2. The first-order valence-corrected chi connectivity index (χ1v) is 15.5. The number of hydrogen-bond acceptors (Lipinski definition) is 7. The number of nitrogens with zero attached hydrogens (tertiary/aromatic N) is 3. The third-order valence-electron chi connectivity index (χ3n) is 6.68. The first-order chi connectivity index (χ1) is 20.4. The molecule has 0 atom stereocenters. The van der Waals surface area contributed by atoms with Crippen LogP contribution in [0.25, 0.3) is 0 Å². The lowest BCUT2D eigenvalue weighted by molar-refractivity contribution is 0.147. The monoisotopic (exact) mass is 594 g/mol. The highest BCUT2D eigenvalue weighted by atomic mass is 16.6. The number of carbonyl (C=O) groups excluding carboxylic acids is 2. The molecule has 0 bridgehead atoms. The fourth-order valence-corrected chi connectivity index (χ4v) is 4.37. The first-order valence-electron chi connectivity index (χ1n) is 15.5. The Morgan fingerprint density at radius 2 is 0.833 bits per heavy atom. The van der Waals surface area contributed by atoms with Crippen LogP contribution in [0.4, 0.5) is 9.59 Å². The van der Waals surface area contributed by atoms with Crippen LogP contribution in [0, 0.1) is 20.8 Å². The number of amides is 2. The van der Waals surface area contributed by atoms with E-state index >= 15 is 0 Å². The lowest BCUT2D eigenvalue weighted by Gasteiger charge is -2.14. The molecular formula is C30H52N5O7. The normalized spacial score (nSPS) is 10.9. The molecule has 0 unspecified atom stereocenters. The molecule has 42 heavy (non-hydrogen) atoms. The molecule has 0 aliphatic rings. The fourth-order valence-electron chi connectivity index (χ4n) is 4.37. The van der Waals surface area contributed by atoms with Gasteiger partial charge in [-0.25, -0.2) is 37.7 Å².